The third kappa shape index (κ3) is 3.57. The van der Waals surface area contributed by atoms with Gasteiger partial charge in [0, 0.05) is 55.2 Å². The first kappa shape index (κ1) is 18.4. The Labute approximate surface area is 168 Å². The van der Waals surface area contributed by atoms with Gasteiger partial charge < -0.3 is 15.2 Å². The highest BCUT2D eigenvalue weighted by atomic mass is 35.5. The van der Waals surface area contributed by atoms with Crippen LogP contribution >= 0.6 is 11.6 Å². The number of anilines is 1. The van der Waals surface area contributed by atoms with E-state index in [1.165, 1.54) is 0 Å². The van der Waals surface area contributed by atoms with E-state index in [2.05, 4.69) is 15.0 Å². The largest absolute Gasteiger partial charge is 0.368 e. The van der Waals surface area contributed by atoms with Crippen molar-refractivity contribution in [2.45, 2.75) is 18.8 Å². The Morgan fingerprint density at radius 2 is 2.04 bits per heavy atom. The van der Waals surface area contributed by atoms with E-state index in [1.807, 2.05) is 36.2 Å². The zero-order chi connectivity index (χ0) is 19.7. The molecule has 8 heteroatoms. The molecule has 1 aliphatic rings. The molecule has 1 atom stereocenters. The molecule has 1 unspecified atom stereocenters. The molecule has 1 saturated heterocycles. The van der Waals surface area contributed by atoms with Crippen molar-refractivity contribution < 1.29 is 4.79 Å². The zero-order valence-corrected chi connectivity index (χ0v) is 16.3. The molecule has 1 fully saturated rings. The van der Waals surface area contributed by atoms with E-state index in [1.54, 1.807) is 23.2 Å². The smallest absolute Gasteiger partial charge is 0.289 e. The molecule has 2 aromatic heterocycles. The molecular weight excluding hydrogens is 376 g/mol. The summed E-state index contributed by atoms with van der Waals surface area (Å²) < 4.78 is 1.74. The minimum atomic E-state index is -0.0627. The van der Waals surface area contributed by atoms with Gasteiger partial charge >= 0.3 is 0 Å². The lowest BCUT2D eigenvalue weighted by molar-refractivity contribution is 0.0690. The van der Waals surface area contributed by atoms with Crippen LogP contribution in [0.4, 0.5) is 5.95 Å². The molecule has 28 heavy (non-hydrogen) atoms. The van der Waals surface area contributed by atoms with Gasteiger partial charge in [-0.15, -0.1) is 0 Å². The van der Waals surface area contributed by atoms with E-state index in [0.29, 0.717) is 23.9 Å². The van der Waals surface area contributed by atoms with Crippen LogP contribution in [-0.4, -0.2) is 43.4 Å². The normalized spacial score (nSPS) is 16.9. The molecule has 144 valence electrons. The highest BCUT2D eigenvalue weighted by Gasteiger charge is 2.29. The number of likely N-dealkylation sites (tertiary alicyclic amines) is 1. The first-order valence-electron chi connectivity index (χ1n) is 9.18. The molecule has 0 bridgehead atoms. The average Bonchev–Trinajstić information content (AvgIpc) is 3.14. The quantitative estimate of drug-likeness (QED) is 0.734. The SMILES string of the molecule is Cn1ccnc1C(=O)N1CCCC(c2nc(N)ncc2-c2ccc(Cl)cc2)C1. The minimum absolute atomic E-state index is 0.0627. The third-order valence-corrected chi connectivity index (χ3v) is 5.35. The predicted molar refractivity (Wildman–Crippen MR) is 108 cm³/mol. The van der Waals surface area contributed by atoms with Crippen LogP contribution in [0, 0.1) is 0 Å². The molecule has 3 aromatic rings. The molecule has 0 radical (unpaired) electrons. The zero-order valence-electron chi connectivity index (χ0n) is 15.5. The maximum atomic E-state index is 12.9. The first-order chi connectivity index (χ1) is 13.5. The van der Waals surface area contributed by atoms with Crippen molar-refractivity contribution in [2.24, 2.45) is 7.05 Å². The van der Waals surface area contributed by atoms with Crippen LogP contribution in [0.5, 0.6) is 0 Å². The van der Waals surface area contributed by atoms with Gasteiger partial charge in [-0.1, -0.05) is 23.7 Å². The van der Waals surface area contributed by atoms with Crippen molar-refractivity contribution in [3.8, 4) is 11.1 Å². The van der Waals surface area contributed by atoms with Crippen LogP contribution in [0.25, 0.3) is 11.1 Å². The number of carbonyl (C=O) groups excluding carboxylic acids is 1. The average molecular weight is 397 g/mol. The summed E-state index contributed by atoms with van der Waals surface area (Å²) in [5.41, 5.74) is 8.66. The minimum Gasteiger partial charge on any atom is -0.368 e. The molecule has 3 heterocycles. The number of benzene rings is 1. The highest BCUT2D eigenvalue weighted by Crippen LogP contribution is 2.34. The Morgan fingerprint density at radius 1 is 1.25 bits per heavy atom. The fraction of sp³-hybridized carbons (Fsp3) is 0.300. The Bertz CT molecular complexity index is 1000. The number of imidazole rings is 1. The number of hydrogen-bond donors (Lipinski definition) is 1. The molecule has 0 spiro atoms. The molecule has 4 rings (SSSR count). The van der Waals surface area contributed by atoms with E-state index >= 15 is 0 Å². The Kier molecular flexibility index (Phi) is 5.00. The summed E-state index contributed by atoms with van der Waals surface area (Å²) in [6.07, 6.45) is 6.99. The second-order valence-electron chi connectivity index (χ2n) is 6.99. The summed E-state index contributed by atoms with van der Waals surface area (Å²) in [6.45, 7) is 1.28. The number of rotatable bonds is 3. The summed E-state index contributed by atoms with van der Waals surface area (Å²) in [4.78, 5) is 27.6. The number of nitrogen functional groups attached to an aromatic ring is 1. The lowest BCUT2D eigenvalue weighted by atomic mass is 9.90. The first-order valence-corrected chi connectivity index (χ1v) is 9.55. The van der Waals surface area contributed by atoms with E-state index in [-0.39, 0.29) is 17.8 Å². The fourth-order valence-corrected chi connectivity index (χ4v) is 3.80. The second-order valence-corrected chi connectivity index (χ2v) is 7.42. The lowest BCUT2D eigenvalue weighted by Crippen LogP contribution is -2.40. The van der Waals surface area contributed by atoms with Gasteiger partial charge in [0.1, 0.15) is 0 Å². The van der Waals surface area contributed by atoms with Gasteiger partial charge in [0.2, 0.25) is 5.95 Å². The molecule has 1 amide bonds. The van der Waals surface area contributed by atoms with Crippen molar-refractivity contribution in [1.29, 1.82) is 0 Å². The number of halogens is 1. The van der Waals surface area contributed by atoms with Crippen LogP contribution in [-0.2, 0) is 7.05 Å². The third-order valence-electron chi connectivity index (χ3n) is 5.10. The van der Waals surface area contributed by atoms with E-state index in [4.69, 9.17) is 17.3 Å². The number of nitrogens with two attached hydrogens (primary N) is 1. The van der Waals surface area contributed by atoms with Crippen LogP contribution in [0.3, 0.4) is 0 Å². The van der Waals surface area contributed by atoms with E-state index in [0.717, 1.165) is 29.7 Å². The molecule has 1 aliphatic heterocycles. The Morgan fingerprint density at radius 3 is 2.75 bits per heavy atom. The molecule has 0 aliphatic carbocycles. The lowest BCUT2D eigenvalue weighted by Gasteiger charge is -2.33. The van der Waals surface area contributed by atoms with Crippen LogP contribution in [0.15, 0.2) is 42.9 Å². The number of hydrogen-bond acceptors (Lipinski definition) is 5. The number of nitrogens with zero attached hydrogens (tertiary/aromatic N) is 5. The van der Waals surface area contributed by atoms with Gasteiger partial charge in [-0.25, -0.2) is 15.0 Å². The Hall–Kier alpha value is -2.93. The van der Waals surface area contributed by atoms with Crippen LogP contribution < -0.4 is 5.73 Å². The molecule has 2 N–H and O–H groups in total. The maximum Gasteiger partial charge on any atom is 0.289 e. The fourth-order valence-electron chi connectivity index (χ4n) is 3.67. The van der Waals surface area contributed by atoms with Gasteiger partial charge in [0.25, 0.3) is 5.91 Å². The topological polar surface area (TPSA) is 89.9 Å². The Balaban J connectivity index is 1.65. The number of piperidine rings is 1. The molecular formula is C20H21ClN6O. The van der Waals surface area contributed by atoms with Crippen molar-refractivity contribution in [3.05, 3.63) is 59.4 Å². The summed E-state index contributed by atoms with van der Waals surface area (Å²) in [6, 6.07) is 7.57. The predicted octanol–water partition coefficient (Wildman–Crippen LogP) is 3.13. The van der Waals surface area contributed by atoms with Gasteiger partial charge in [0.05, 0.1) is 5.69 Å². The molecule has 0 saturated carbocycles. The van der Waals surface area contributed by atoms with Gasteiger partial charge in [0.15, 0.2) is 5.82 Å². The molecule has 1 aromatic carbocycles. The number of aryl methyl sites for hydroxylation is 1. The summed E-state index contributed by atoms with van der Waals surface area (Å²) >= 11 is 6.03. The highest BCUT2D eigenvalue weighted by molar-refractivity contribution is 6.30. The van der Waals surface area contributed by atoms with E-state index < -0.39 is 0 Å². The summed E-state index contributed by atoms with van der Waals surface area (Å²) in [7, 11) is 1.82. The monoisotopic (exact) mass is 396 g/mol. The number of aromatic nitrogens is 4. The van der Waals surface area contributed by atoms with E-state index in [9.17, 15) is 4.79 Å². The van der Waals surface area contributed by atoms with Crippen molar-refractivity contribution in [2.75, 3.05) is 18.8 Å². The van der Waals surface area contributed by atoms with Crippen LogP contribution in [0.1, 0.15) is 35.1 Å². The van der Waals surface area contributed by atoms with Gasteiger partial charge in [-0.3, -0.25) is 4.79 Å². The van der Waals surface area contributed by atoms with Crippen molar-refractivity contribution >= 4 is 23.5 Å². The number of carbonyl (C=O) groups is 1. The van der Waals surface area contributed by atoms with Crippen LogP contribution in [0.2, 0.25) is 5.02 Å². The second kappa shape index (κ2) is 7.59. The van der Waals surface area contributed by atoms with Gasteiger partial charge in [-0.2, -0.15) is 0 Å². The maximum absolute atomic E-state index is 12.9. The molecule has 7 nitrogen and oxygen atoms in total. The van der Waals surface area contributed by atoms with Crippen molar-refractivity contribution in [3.63, 3.8) is 0 Å². The number of amides is 1. The van der Waals surface area contributed by atoms with Crippen molar-refractivity contribution in [1.82, 2.24) is 24.4 Å². The summed E-state index contributed by atoms with van der Waals surface area (Å²) in [5.74, 6) is 0.697. The summed E-state index contributed by atoms with van der Waals surface area (Å²) in [5, 5.41) is 0.672. The van der Waals surface area contributed by atoms with Gasteiger partial charge in [-0.05, 0) is 30.5 Å². The standard InChI is InChI=1S/C20H21ClN6O/c1-26-10-8-23-18(26)19(28)27-9-2-3-14(12-27)17-16(11-24-20(22)25-17)13-4-6-15(21)7-5-13/h4-8,10-11,14H,2-3,9,12H2,1H3,(H2,22,24,25).